The van der Waals surface area contributed by atoms with Crippen LogP contribution in [0.5, 0.6) is 0 Å². The largest absolute Gasteiger partial charge is 0.465 e. The first-order valence-corrected chi connectivity index (χ1v) is 12.5. The summed E-state index contributed by atoms with van der Waals surface area (Å²) in [5.74, 6) is -0.688. The lowest BCUT2D eigenvalue weighted by Gasteiger charge is -2.11. The number of methoxy groups -OCH3 is 1. The van der Waals surface area contributed by atoms with Crippen LogP contribution in [0.25, 0.3) is 10.2 Å². The second kappa shape index (κ2) is 9.18. The van der Waals surface area contributed by atoms with E-state index in [0.29, 0.717) is 15.2 Å². The summed E-state index contributed by atoms with van der Waals surface area (Å²) in [4.78, 5) is 24.2. The molecular formula is C22H16Cl2N2O5S2. The summed E-state index contributed by atoms with van der Waals surface area (Å²) in [5.41, 5.74) is 1.56. The lowest BCUT2D eigenvalue weighted by atomic mass is 10.2. The number of aromatic nitrogens is 1. The predicted octanol–water partition coefficient (Wildman–Crippen LogP) is 5.01. The maximum atomic E-state index is 13.0. The summed E-state index contributed by atoms with van der Waals surface area (Å²) in [7, 11) is -2.80. The highest BCUT2D eigenvalue weighted by atomic mass is 35.5. The number of esters is 1. The molecule has 11 heteroatoms. The molecule has 0 fully saturated rings. The average molecular weight is 523 g/mol. The van der Waals surface area contributed by atoms with Crippen molar-refractivity contribution in [2.24, 2.45) is 0 Å². The number of ether oxygens (including phenoxy) is 1. The summed E-state index contributed by atoms with van der Waals surface area (Å²) in [6.07, 6.45) is 0. The van der Waals surface area contributed by atoms with Crippen LogP contribution < -0.4 is 9.60 Å². The van der Waals surface area contributed by atoms with Gasteiger partial charge in [0, 0.05) is 10.7 Å². The Morgan fingerprint density at radius 2 is 1.82 bits per heavy atom. The van der Waals surface area contributed by atoms with Crippen LogP contribution in [-0.4, -0.2) is 26.1 Å². The molecule has 1 N–H and O–H groups in total. The zero-order chi connectivity index (χ0) is 23.8. The number of sulfonamides is 1. The van der Waals surface area contributed by atoms with Crippen molar-refractivity contribution >= 4 is 66.4 Å². The number of benzene rings is 3. The first kappa shape index (κ1) is 23.3. The van der Waals surface area contributed by atoms with E-state index in [9.17, 15) is 18.0 Å². The van der Waals surface area contributed by atoms with E-state index >= 15 is 0 Å². The first-order valence-electron chi connectivity index (χ1n) is 9.47. The van der Waals surface area contributed by atoms with Crippen LogP contribution in [-0.2, 0) is 21.3 Å². The number of fused-ring (bicyclic) bond motifs is 1. The lowest BCUT2D eigenvalue weighted by Crippen LogP contribution is -2.14. The standard InChI is InChI=1S/C22H16Cl2N2O5S2/c1-31-21(27)16-10-14(6-8-18(16)24)25-33(29,30)15-7-9-19-20(11-15)32-22(28)26(19)12-13-4-2-3-5-17(13)23/h2-11,25H,12H2,1H3. The maximum Gasteiger partial charge on any atom is 0.339 e. The van der Waals surface area contributed by atoms with Gasteiger partial charge in [-0.05, 0) is 48.0 Å². The summed E-state index contributed by atoms with van der Waals surface area (Å²) in [6, 6.07) is 15.8. The summed E-state index contributed by atoms with van der Waals surface area (Å²) in [5, 5.41) is 0.678. The second-order valence-electron chi connectivity index (χ2n) is 6.97. The first-order chi connectivity index (χ1) is 15.7. The number of carbonyl (C=O) groups excluding carboxylic acids is 1. The Bertz CT molecular complexity index is 1540. The third kappa shape index (κ3) is 4.77. The average Bonchev–Trinajstić information content (AvgIpc) is 3.10. The van der Waals surface area contributed by atoms with Gasteiger partial charge < -0.3 is 4.74 Å². The van der Waals surface area contributed by atoms with Gasteiger partial charge in [-0.3, -0.25) is 14.1 Å². The lowest BCUT2D eigenvalue weighted by molar-refractivity contribution is 0.0601. The van der Waals surface area contributed by atoms with Gasteiger partial charge in [0.15, 0.2) is 0 Å². The molecule has 0 bridgehead atoms. The van der Waals surface area contributed by atoms with Crippen molar-refractivity contribution in [3.05, 3.63) is 91.5 Å². The highest BCUT2D eigenvalue weighted by Gasteiger charge is 2.19. The van der Waals surface area contributed by atoms with E-state index in [2.05, 4.69) is 9.46 Å². The zero-order valence-corrected chi connectivity index (χ0v) is 20.2. The van der Waals surface area contributed by atoms with Gasteiger partial charge >= 0.3 is 10.8 Å². The topological polar surface area (TPSA) is 94.5 Å². The maximum absolute atomic E-state index is 13.0. The number of thiazole rings is 1. The highest BCUT2D eigenvalue weighted by Crippen LogP contribution is 2.27. The van der Waals surface area contributed by atoms with E-state index in [-0.39, 0.29) is 32.6 Å². The Balaban J connectivity index is 1.67. The fourth-order valence-electron chi connectivity index (χ4n) is 3.23. The molecule has 0 radical (unpaired) electrons. The highest BCUT2D eigenvalue weighted by molar-refractivity contribution is 7.92. The molecular weight excluding hydrogens is 507 g/mol. The van der Waals surface area contributed by atoms with Gasteiger partial charge in [-0.1, -0.05) is 52.7 Å². The van der Waals surface area contributed by atoms with Crippen LogP contribution in [0.4, 0.5) is 5.69 Å². The molecule has 0 spiro atoms. The fraction of sp³-hybridized carbons (Fsp3) is 0.0909. The summed E-state index contributed by atoms with van der Waals surface area (Å²) >= 11 is 13.2. The van der Waals surface area contributed by atoms with E-state index in [1.165, 1.54) is 37.4 Å². The third-order valence-corrected chi connectivity index (χ3v) is 7.88. The van der Waals surface area contributed by atoms with Gasteiger partial charge in [0.2, 0.25) is 0 Å². The Labute approximate surface area is 203 Å². The number of carbonyl (C=O) groups is 1. The van der Waals surface area contributed by atoms with Crippen LogP contribution in [0.1, 0.15) is 15.9 Å². The summed E-state index contributed by atoms with van der Waals surface area (Å²) < 4.78 is 35.0. The Kier molecular flexibility index (Phi) is 6.49. The Morgan fingerprint density at radius 3 is 2.55 bits per heavy atom. The van der Waals surface area contributed by atoms with E-state index < -0.39 is 16.0 Å². The van der Waals surface area contributed by atoms with Crippen molar-refractivity contribution in [1.82, 2.24) is 4.57 Å². The van der Waals surface area contributed by atoms with Gasteiger partial charge in [-0.15, -0.1) is 0 Å². The molecule has 0 atom stereocenters. The SMILES string of the molecule is COC(=O)c1cc(NS(=O)(=O)c2ccc3c(c2)sc(=O)n3Cc2ccccc2Cl)ccc1Cl. The quantitative estimate of drug-likeness (QED) is 0.359. The van der Waals surface area contributed by atoms with Gasteiger partial charge in [-0.2, -0.15) is 0 Å². The van der Waals surface area contributed by atoms with Crippen molar-refractivity contribution in [3.63, 3.8) is 0 Å². The van der Waals surface area contributed by atoms with Gasteiger partial charge in [0.25, 0.3) is 10.0 Å². The van der Waals surface area contributed by atoms with Crippen LogP contribution in [0.3, 0.4) is 0 Å². The minimum absolute atomic E-state index is 0.0317. The second-order valence-corrected chi connectivity index (χ2v) is 10.5. The number of hydrogen-bond donors (Lipinski definition) is 1. The fourth-order valence-corrected chi connectivity index (χ4v) is 5.70. The van der Waals surface area contributed by atoms with Crippen molar-refractivity contribution < 1.29 is 17.9 Å². The monoisotopic (exact) mass is 522 g/mol. The molecule has 0 saturated heterocycles. The number of nitrogens with zero attached hydrogens (tertiary/aromatic N) is 1. The molecule has 0 amide bonds. The Morgan fingerprint density at radius 1 is 1.06 bits per heavy atom. The van der Waals surface area contributed by atoms with Gasteiger partial charge in [-0.25, -0.2) is 13.2 Å². The van der Waals surface area contributed by atoms with Crippen LogP contribution in [0.15, 0.2) is 70.4 Å². The molecule has 0 saturated carbocycles. The van der Waals surface area contributed by atoms with Crippen molar-refractivity contribution in [1.29, 1.82) is 0 Å². The van der Waals surface area contributed by atoms with Crippen molar-refractivity contribution in [2.75, 3.05) is 11.8 Å². The van der Waals surface area contributed by atoms with Crippen molar-refractivity contribution in [3.8, 4) is 0 Å². The molecule has 33 heavy (non-hydrogen) atoms. The minimum atomic E-state index is -4.01. The number of rotatable bonds is 6. The normalized spacial score (nSPS) is 11.5. The molecule has 7 nitrogen and oxygen atoms in total. The molecule has 0 aliphatic heterocycles. The number of anilines is 1. The smallest absolute Gasteiger partial charge is 0.339 e. The molecule has 3 aromatic carbocycles. The number of nitrogens with one attached hydrogen (secondary N) is 1. The van der Waals surface area contributed by atoms with Crippen LogP contribution >= 0.6 is 34.5 Å². The van der Waals surface area contributed by atoms with Gasteiger partial charge in [0.05, 0.1) is 39.4 Å². The summed E-state index contributed by atoms with van der Waals surface area (Å²) in [6.45, 7) is 0.268. The van der Waals surface area contributed by atoms with E-state index in [4.69, 9.17) is 23.2 Å². The number of hydrogen-bond acceptors (Lipinski definition) is 6. The van der Waals surface area contributed by atoms with Gasteiger partial charge in [0.1, 0.15) is 0 Å². The molecule has 0 aliphatic carbocycles. The molecule has 4 rings (SSSR count). The molecule has 0 aliphatic rings. The molecule has 1 heterocycles. The predicted molar refractivity (Wildman–Crippen MR) is 130 cm³/mol. The van der Waals surface area contributed by atoms with Crippen LogP contribution in [0, 0.1) is 0 Å². The Hall–Kier alpha value is -2.85. The molecule has 0 unspecified atom stereocenters. The third-order valence-electron chi connectivity index (χ3n) is 4.86. The zero-order valence-electron chi connectivity index (χ0n) is 17.0. The van der Waals surface area contributed by atoms with E-state index in [0.717, 1.165) is 16.9 Å². The minimum Gasteiger partial charge on any atom is -0.465 e. The molecule has 170 valence electrons. The molecule has 4 aromatic rings. The van der Waals surface area contributed by atoms with E-state index in [1.54, 1.807) is 22.8 Å². The van der Waals surface area contributed by atoms with E-state index in [1.807, 2.05) is 12.1 Å². The van der Waals surface area contributed by atoms with Crippen LogP contribution in [0.2, 0.25) is 10.0 Å². The molecule has 1 aromatic heterocycles. The van der Waals surface area contributed by atoms with Crippen molar-refractivity contribution in [2.45, 2.75) is 11.4 Å². The number of halogens is 2.